The molecule has 0 aliphatic heterocycles. The summed E-state index contributed by atoms with van der Waals surface area (Å²) >= 11 is 0. The van der Waals surface area contributed by atoms with Crippen LogP contribution in [0.5, 0.6) is 0 Å². The fraction of sp³-hybridized carbons (Fsp3) is 0.944. The van der Waals surface area contributed by atoms with Crippen LogP contribution < -0.4 is 10.2 Å². The van der Waals surface area contributed by atoms with E-state index in [2.05, 4.69) is 13.8 Å². The number of hydrogen-bond acceptors (Lipinski definition) is 8. The topological polar surface area (TPSA) is 161 Å². The van der Waals surface area contributed by atoms with Crippen molar-refractivity contribution < 1.29 is 37.3 Å². The summed E-state index contributed by atoms with van der Waals surface area (Å²) in [6.45, 7) is 4.53. The van der Waals surface area contributed by atoms with E-state index in [4.69, 9.17) is 17.5 Å². The van der Waals surface area contributed by atoms with Gasteiger partial charge in [-0.05, 0) is 25.7 Å². The molecule has 0 aromatic carbocycles. The SMILES string of the molecule is CCCCCCCCCCCCCCCCCC(=O)[O-].CCCCCCCCCCCCCCCCCC(=O)[O-].O=S(=O)([O-])[O-].[Ca+2].[Mg+2]. The van der Waals surface area contributed by atoms with E-state index >= 15 is 0 Å². The van der Waals surface area contributed by atoms with Gasteiger partial charge < -0.3 is 28.9 Å². The summed E-state index contributed by atoms with van der Waals surface area (Å²) in [5.41, 5.74) is 0. The maximum Gasteiger partial charge on any atom is 2.00 e. The molecule has 0 aliphatic carbocycles. The Hall–Kier alpha value is 0.836. The zero-order chi connectivity index (χ0) is 34.3. The van der Waals surface area contributed by atoms with Gasteiger partial charge in [-0.3, -0.25) is 8.42 Å². The number of hydrogen-bond donors (Lipinski definition) is 0. The molecule has 0 aliphatic rings. The normalized spacial score (nSPS) is 10.5. The van der Waals surface area contributed by atoms with Crippen LogP contribution in [0.3, 0.4) is 0 Å². The van der Waals surface area contributed by atoms with Gasteiger partial charge in [0.2, 0.25) is 0 Å². The van der Waals surface area contributed by atoms with Gasteiger partial charge in [0, 0.05) is 22.3 Å². The summed E-state index contributed by atoms with van der Waals surface area (Å²) in [6.07, 6.45) is 39.7. The first-order valence-electron chi connectivity index (χ1n) is 18.6. The Kier molecular flexibility index (Phi) is 59.6. The standard InChI is InChI=1S/2C18H36O2.Ca.Mg.H2O4S/c2*1-2-3-4-5-6-7-8-9-10-11-12-13-14-15-16-17-18(19)20;;;1-5(2,3)4/h2*2-17H2,1H3,(H,19,20);;;(H2,1,2,3,4)/q;;2*+2;/p-4. The van der Waals surface area contributed by atoms with E-state index in [1.165, 1.54) is 167 Å². The first kappa shape index (κ1) is 57.2. The summed E-state index contributed by atoms with van der Waals surface area (Å²) in [7, 11) is -5.17. The zero-order valence-electron chi connectivity index (χ0n) is 30.7. The maximum absolute atomic E-state index is 10.2. The monoisotopic (exact) mass is 726 g/mol. The van der Waals surface area contributed by atoms with Gasteiger partial charge in [0.1, 0.15) is 0 Å². The molecule has 0 rings (SSSR count). The largest absolute Gasteiger partial charge is 2.00 e. The molecular weight excluding hydrogens is 657 g/mol. The van der Waals surface area contributed by atoms with Crippen molar-refractivity contribution in [2.45, 2.75) is 219 Å². The number of carbonyl (C=O) groups excluding carboxylic acids is 2. The summed E-state index contributed by atoms with van der Waals surface area (Å²) in [5, 5.41) is 20.4. The third-order valence-corrected chi connectivity index (χ3v) is 7.97. The van der Waals surface area contributed by atoms with Crippen molar-refractivity contribution in [1.29, 1.82) is 0 Å². The van der Waals surface area contributed by atoms with Crippen LogP contribution in [0.15, 0.2) is 0 Å². The van der Waals surface area contributed by atoms with Crippen LogP contribution in [0.2, 0.25) is 0 Å². The van der Waals surface area contributed by atoms with Gasteiger partial charge in [0.25, 0.3) is 0 Å². The second-order valence-electron chi connectivity index (χ2n) is 12.6. The number of aliphatic carboxylic acids is 2. The molecule has 0 bridgehead atoms. The minimum absolute atomic E-state index is 0. The zero-order valence-corrected chi connectivity index (χ0v) is 35.2. The van der Waals surface area contributed by atoms with Crippen LogP contribution in [0.25, 0.3) is 0 Å². The van der Waals surface area contributed by atoms with Gasteiger partial charge >= 0.3 is 60.8 Å². The summed E-state index contributed by atoms with van der Waals surface area (Å²) in [5.74, 6) is -1.81. The van der Waals surface area contributed by atoms with E-state index < -0.39 is 22.3 Å². The van der Waals surface area contributed by atoms with E-state index in [-0.39, 0.29) is 73.6 Å². The molecule has 0 radical (unpaired) electrons. The maximum atomic E-state index is 10.2. The summed E-state index contributed by atoms with van der Waals surface area (Å²) < 4.78 is 34.1. The molecule has 0 atom stereocenters. The molecule has 0 N–H and O–H groups in total. The Morgan fingerprint density at radius 1 is 0.383 bits per heavy atom. The molecule has 272 valence electrons. The number of carbonyl (C=O) groups is 2. The molecule has 8 nitrogen and oxygen atoms in total. The van der Waals surface area contributed by atoms with Crippen molar-refractivity contribution in [3.05, 3.63) is 0 Å². The average Bonchev–Trinajstić information content (AvgIpc) is 2.96. The minimum atomic E-state index is -5.17. The van der Waals surface area contributed by atoms with Crippen molar-refractivity contribution in [3.8, 4) is 0 Å². The molecule has 47 heavy (non-hydrogen) atoms. The molecule has 0 aromatic heterocycles. The average molecular weight is 727 g/mol. The molecule has 0 spiro atoms. The molecule has 11 heteroatoms. The number of carboxylic acids is 2. The van der Waals surface area contributed by atoms with Crippen LogP contribution in [0.1, 0.15) is 219 Å². The number of unbranched alkanes of at least 4 members (excludes halogenated alkanes) is 28. The third kappa shape index (κ3) is 77.6. The van der Waals surface area contributed by atoms with Gasteiger partial charge in [-0.2, -0.15) is 0 Å². The van der Waals surface area contributed by atoms with Crippen LogP contribution in [-0.4, -0.2) is 90.3 Å². The van der Waals surface area contributed by atoms with E-state index in [0.29, 0.717) is 0 Å². The number of rotatable bonds is 32. The van der Waals surface area contributed by atoms with Crippen LogP contribution in [-0.2, 0) is 20.0 Å². The number of carboxylic acid groups (broad SMARTS) is 2. The third-order valence-electron chi connectivity index (χ3n) is 7.97. The summed E-state index contributed by atoms with van der Waals surface area (Å²) in [4.78, 5) is 20.4. The Morgan fingerprint density at radius 2 is 0.511 bits per heavy atom. The molecule has 0 heterocycles. The molecule has 0 amide bonds. The predicted molar refractivity (Wildman–Crippen MR) is 191 cm³/mol. The second kappa shape index (κ2) is 48.9. The molecule has 0 unspecified atom stereocenters. The Balaban J connectivity index is -0.000000210. The predicted octanol–water partition coefficient (Wildman–Crippen LogP) is 7.90. The van der Waals surface area contributed by atoms with E-state index in [1.807, 2.05) is 0 Å². The van der Waals surface area contributed by atoms with Crippen molar-refractivity contribution in [2.75, 3.05) is 0 Å². The summed E-state index contributed by atoms with van der Waals surface area (Å²) in [6, 6.07) is 0. The van der Waals surface area contributed by atoms with E-state index in [0.717, 1.165) is 25.7 Å². The van der Waals surface area contributed by atoms with Crippen LogP contribution in [0, 0.1) is 0 Å². The Bertz CT molecular complexity index is 659. The molecule has 0 saturated carbocycles. The quantitative estimate of drug-likeness (QED) is 0.0293. The molecule has 0 saturated heterocycles. The Morgan fingerprint density at radius 3 is 0.638 bits per heavy atom. The van der Waals surface area contributed by atoms with Gasteiger partial charge in [0.15, 0.2) is 0 Å². The van der Waals surface area contributed by atoms with Gasteiger partial charge in [-0.15, -0.1) is 0 Å². The van der Waals surface area contributed by atoms with Crippen molar-refractivity contribution in [2.24, 2.45) is 0 Å². The van der Waals surface area contributed by atoms with Gasteiger partial charge in [-0.1, -0.05) is 194 Å². The van der Waals surface area contributed by atoms with Crippen molar-refractivity contribution in [3.63, 3.8) is 0 Å². The minimum Gasteiger partial charge on any atom is -0.759 e. The first-order chi connectivity index (χ1) is 21.5. The van der Waals surface area contributed by atoms with Gasteiger partial charge in [0.05, 0.1) is 0 Å². The van der Waals surface area contributed by atoms with Crippen LogP contribution >= 0.6 is 0 Å². The van der Waals surface area contributed by atoms with Crippen molar-refractivity contribution in [1.82, 2.24) is 0 Å². The molecule has 0 fully saturated rings. The smallest absolute Gasteiger partial charge is 0.759 e. The molecule has 0 aromatic rings. The second-order valence-corrected chi connectivity index (χ2v) is 13.4. The van der Waals surface area contributed by atoms with Gasteiger partial charge in [-0.25, -0.2) is 0 Å². The Labute approximate surface area is 336 Å². The van der Waals surface area contributed by atoms with E-state index in [9.17, 15) is 19.8 Å². The fourth-order valence-electron chi connectivity index (χ4n) is 5.28. The molecular formula is C36H70CaMgO8S. The van der Waals surface area contributed by atoms with Crippen LogP contribution in [0.4, 0.5) is 0 Å². The fourth-order valence-corrected chi connectivity index (χ4v) is 5.28. The van der Waals surface area contributed by atoms with Crippen molar-refractivity contribution >= 4 is 83.1 Å². The first-order valence-corrected chi connectivity index (χ1v) is 19.9. The van der Waals surface area contributed by atoms with E-state index in [1.54, 1.807) is 0 Å².